The van der Waals surface area contributed by atoms with E-state index in [1.54, 1.807) is 52.3 Å². The summed E-state index contributed by atoms with van der Waals surface area (Å²) in [6.07, 6.45) is 1.75. The Morgan fingerprint density at radius 2 is 1.91 bits per heavy atom. The van der Waals surface area contributed by atoms with Gasteiger partial charge in [-0.3, -0.25) is 9.36 Å². The fourth-order valence-electron chi connectivity index (χ4n) is 3.88. The van der Waals surface area contributed by atoms with Crippen LogP contribution in [0, 0.1) is 0 Å². The molecule has 0 unspecified atom stereocenters. The first kappa shape index (κ1) is 25.2. The number of hydrogen-bond acceptors (Lipinski definition) is 7. The van der Waals surface area contributed by atoms with Gasteiger partial charge in [-0.25, -0.2) is 9.79 Å². The van der Waals surface area contributed by atoms with Crippen molar-refractivity contribution >= 4 is 50.9 Å². The molecule has 0 fully saturated rings. The Bertz CT molecular complexity index is 1530. The molecule has 0 saturated heterocycles. The van der Waals surface area contributed by atoms with E-state index in [1.165, 1.54) is 15.9 Å². The Kier molecular flexibility index (Phi) is 7.49. The van der Waals surface area contributed by atoms with Crippen molar-refractivity contribution in [2.24, 2.45) is 4.99 Å². The Labute approximate surface area is 219 Å². The standard InChI is InChI=1S/C25H22BrClN2O5S/c1-5-34-24(31)21-13(2)28-25-29(22(21)15-7-9-18(32-3)16(26)12-15)23(30)20(35-25)11-14-6-8-19(33-4)17(27)10-14/h6-12,22H,5H2,1-4H3/b20-11+/t22-/m0/s1. The lowest BCUT2D eigenvalue weighted by Gasteiger charge is -2.25. The first-order valence-corrected chi connectivity index (χ1v) is 12.6. The van der Waals surface area contributed by atoms with E-state index >= 15 is 0 Å². The fourth-order valence-corrected chi connectivity index (χ4v) is 5.75. The molecule has 2 heterocycles. The zero-order valence-corrected chi connectivity index (χ0v) is 22.6. The molecule has 0 saturated carbocycles. The van der Waals surface area contributed by atoms with Crippen LogP contribution in [0.1, 0.15) is 31.0 Å². The smallest absolute Gasteiger partial charge is 0.338 e. The van der Waals surface area contributed by atoms with Crippen LogP contribution in [0.5, 0.6) is 11.5 Å². The highest BCUT2D eigenvalue weighted by molar-refractivity contribution is 9.10. The molecule has 0 aliphatic carbocycles. The molecule has 1 aliphatic rings. The summed E-state index contributed by atoms with van der Waals surface area (Å²) in [5.74, 6) is 0.669. The summed E-state index contributed by atoms with van der Waals surface area (Å²) in [4.78, 5) is 31.7. The Morgan fingerprint density at radius 3 is 2.54 bits per heavy atom. The van der Waals surface area contributed by atoms with Crippen molar-refractivity contribution in [3.8, 4) is 11.5 Å². The number of esters is 1. The summed E-state index contributed by atoms with van der Waals surface area (Å²) in [6, 6.07) is 10.0. The number of ether oxygens (including phenoxy) is 3. The quantitative estimate of drug-likeness (QED) is 0.410. The minimum atomic E-state index is -0.714. The van der Waals surface area contributed by atoms with Crippen molar-refractivity contribution in [2.45, 2.75) is 19.9 Å². The van der Waals surface area contributed by atoms with Crippen molar-refractivity contribution in [1.29, 1.82) is 0 Å². The van der Waals surface area contributed by atoms with Crippen LogP contribution in [0.15, 0.2) is 61.9 Å². The third kappa shape index (κ3) is 4.80. The predicted molar refractivity (Wildman–Crippen MR) is 139 cm³/mol. The van der Waals surface area contributed by atoms with Gasteiger partial charge in [-0.05, 0) is 71.2 Å². The zero-order chi connectivity index (χ0) is 25.3. The number of aromatic nitrogens is 1. The molecule has 182 valence electrons. The second-order valence-electron chi connectivity index (χ2n) is 7.59. The highest BCUT2D eigenvalue weighted by Gasteiger charge is 2.33. The van der Waals surface area contributed by atoms with Gasteiger partial charge in [0.1, 0.15) is 11.5 Å². The van der Waals surface area contributed by atoms with E-state index in [2.05, 4.69) is 20.9 Å². The van der Waals surface area contributed by atoms with Crippen molar-refractivity contribution in [2.75, 3.05) is 20.8 Å². The number of nitrogens with zero attached hydrogens (tertiary/aromatic N) is 2. The van der Waals surface area contributed by atoms with E-state index in [1.807, 2.05) is 18.2 Å². The van der Waals surface area contributed by atoms with Gasteiger partial charge >= 0.3 is 5.97 Å². The third-order valence-corrected chi connectivity index (χ3v) is 7.38. The molecule has 0 N–H and O–H groups in total. The van der Waals surface area contributed by atoms with Crippen molar-refractivity contribution in [3.05, 3.63) is 88.0 Å². The van der Waals surface area contributed by atoms with Crippen molar-refractivity contribution < 1.29 is 19.0 Å². The van der Waals surface area contributed by atoms with Crippen LogP contribution in [0.2, 0.25) is 5.02 Å². The average molecular weight is 578 g/mol. The van der Waals surface area contributed by atoms with Crippen LogP contribution < -0.4 is 24.4 Å². The molecule has 2 aromatic carbocycles. The van der Waals surface area contributed by atoms with Crippen LogP contribution in [0.25, 0.3) is 6.08 Å². The highest BCUT2D eigenvalue weighted by Crippen LogP contribution is 2.35. The number of fused-ring (bicyclic) bond motifs is 1. The van der Waals surface area contributed by atoms with Gasteiger partial charge in [0.05, 0.1) is 52.2 Å². The number of benzene rings is 2. The summed E-state index contributed by atoms with van der Waals surface area (Å²) in [5.41, 5.74) is 2.00. The van der Waals surface area contributed by atoms with Gasteiger partial charge in [-0.1, -0.05) is 35.1 Å². The van der Waals surface area contributed by atoms with E-state index in [-0.39, 0.29) is 12.2 Å². The number of allylic oxidation sites excluding steroid dienone is 1. The molecule has 10 heteroatoms. The molecular weight excluding hydrogens is 556 g/mol. The Morgan fingerprint density at radius 1 is 1.20 bits per heavy atom. The van der Waals surface area contributed by atoms with Crippen LogP contribution in [0.4, 0.5) is 0 Å². The van der Waals surface area contributed by atoms with E-state index in [0.29, 0.717) is 41.6 Å². The lowest BCUT2D eigenvalue weighted by Crippen LogP contribution is -2.39. The van der Waals surface area contributed by atoms with Gasteiger partial charge < -0.3 is 14.2 Å². The Hall–Kier alpha value is -2.88. The SMILES string of the molecule is CCOC(=O)C1=C(C)N=c2s/c(=C/c3ccc(OC)c(Cl)c3)c(=O)n2[C@H]1c1ccc(OC)c(Br)c1. The lowest BCUT2D eigenvalue weighted by molar-refractivity contribution is -0.139. The molecule has 0 spiro atoms. The summed E-state index contributed by atoms with van der Waals surface area (Å²) in [5, 5.41) is 0.440. The number of halogens is 2. The monoisotopic (exact) mass is 576 g/mol. The first-order chi connectivity index (χ1) is 16.8. The van der Waals surface area contributed by atoms with Gasteiger partial charge in [0.15, 0.2) is 4.80 Å². The van der Waals surface area contributed by atoms with Gasteiger partial charge in [-0.2, -0.15) is 0 Å². The first-order valence-electron chi connectivity index (χ1n) is 10.7. The van der Waals surface area contributed by atoms with Gasteiger partial charge in [0, 0.05) is 0 Å². The maximum Gasteiger partial charge on any atom is 0.338 e. The fraction of sp³-hybridized carbons (Fsp3) is 0.240. The largest absolute Gasteiger partial charge is 0.496 e. The van der Waals surface area contributed by atoms with E-state index in [4.69, 9.17) is 25.8 Å². The van der Waals surface area contributed by atoms with Gasteiger partial charge in [0.25, 0.3) is 5.56 Å². The normalized spacial score (nSPS) is 15.5. The van der Waals surface area contributed by atoms with E-state index in [0.717, 1.165) is 11.1 Å². The Balaban J connectivity index is 1.94. The van der Waals surface area contributed by atoms with Crippen LogP contribution in [0.3, 0.4) is 0 Å². The van der Waals surface area contributed by atoms with Crippen molar-refractivity contribution in [1.82, 2.24) is 4.57 Å². The van der Waals surface area contributed by atoms with Crippen LogP contribution in [-0.4, -0.2) is 31.4 Å². The number of carbonyl (C=O) groups is 1. The van der Waals surface area contributed by atoms with Gasteiger partial charge in [0.2, 0.25) is 0 Å². The number of rotatable bonds is 6. The summed E-state index contributed by atoms with van der Waals surface area (Å²) in [6.45, 7) is 3.69. The molecular formula is C25H22BrClN2O5S. The molecule has 0 radical (unpaired) electrons. The summed E-state index contributed by atoms with van der Waals surface area (Å²) < 4.78 is 18.6. The topological polar surface area (TPSA) is 79.1 Å². The summed E-state index contributed by atoms with van der Waals surface area (Å²) in [7, 11) is 3.11. The number of methoxy groups -OCH3 is 2. The van der Waals surface area contributed by atoms with E-state index in [9.17, 15) is 9.59 Å². The molecule has 35 heavy (non-hydrogen) atoms. The molecule has 0 bridgehead atoms. The lowest BCUT2D eigenvalue weighted by atomic mass is 9.96. The van der Waals surface area contributed by atoms with Gasteiger partial charge in [-0.15, -0.1) is 0 Å². The number of thiazole rings is 1. The van der Waals surface area contributed by atoms with Crippen LogP contribution >= 0.6 is 38.9 Å². The zero-order valence-electron chi connectivity index (χ0n) is 19.4. The maximum atomic E-state index is 13.7. The average Bonchev–Trinajstić information content (AvgIpc) is 3.12. The highest BCUT2D eigenvalue weighted by atomic mass is 79.9. The van der Waals surface area contributed by atoms with Crippen molar-refractivity contribution in [3.63, 3.8) is 0 Å². The molecule has 1 aliphatic heterocycles. The van der Waals surface area contributed by atoms with E-state index < -0.39 is 12.0 Å². The molecule has 0 amide bonds. The predicted octanol–water partition coefficient (Wildman–Crippen LogP) is 4.23. The molecule has 4 rings (SSSR count). The van der Waals surface area contributed by atoms with Crippen LogP contribution in [-0.2, 0) is 9.53 Å². The second-order valence-corrected chi connectivity index (χ2v) is 9.86. The minimum absolute atomic E-state index is 0.206. The minimum Gasteiger partial charge on any atom is -0.496 e. The molecule has 7 nitrogen and oxygen atoms in total. The maximum absolute atomic E-state index is 13.7. The number of hydrogen-bond donors (Lipinski definition) is 0. The number of carbonyl (C=O) groups excluding carboxylic acids is 1. The molecule has 3 aromatic rings. The summed E-state index contributed by atoms with van der Waals surface area (Å²) >= 11 is 11.0. The third-order valence-electron chi connectivity index (χ3n) is 5.48. The molecule has 1 atom stereocenters. The second kappa shape index (κ2) is 10.4. The molecule has 1 aromatic heterocycles.